The first-order valence-electron chi connectivity index (χ1n) is 23.1. The number of aryl methyl sites for hydroxylation is 2. The maximum Gasteiger partial charge on any atom is 0.109 e. The molecule has 9 heteroatoms. The molecule has 6 aromatic rings. The number of rotatable bonds is 24. The van der Waals surface area contributed by atoms with Crippen molar-refractivity contribution in [1.29, 1.82) is 0 Å². The molecule has 1 aliphatic rings. The lowest BCUT2D eigenvalue weighted by Crippen LogP contribution is -2.00. The standard InChI is InChI=1S/C52H62N4S5/c1-3-5-7-9-11-13-15-17-19-21-25-41-31-35-45(59-41)51-52(46-36-32-42(60-46)26-22-20-18-16-14-12-10-8-6-4-2)54-48-44(34-30-40-28-24-38-58-40)50-49(55-61-56-50)43(47(48)53-51)33-29-39-27-23-37-57-39/h23-24,27-28,31-32,35-38,55-56H,3-22,25-26H2,1-2H3. The van der Waals surface area contributed by atoms with Gasteiger partial charge in [0.2, 0.25) is 0 Å². The summed E-state index contributed by atoms with van der Waals surface area (Å²) in [5.41, 5.74) is 7.02. The zero-order valence-corrected chi connectivity index (χ0v) is 40.3. The zero-order chi connectivity index (χ0) is 41.9. The molecule has 0 spiro atoms. The van der Waals surface area contributed by atoms with Crippen LogP contribution >= 0.6 is 57.5 Å². The monoisotopic (exact) mass is 902 g/mol. The van der Waals surface area contributed by atoms with Gasteiger partial charge in [-0.2, -0.15) is 0 Å². The van der Waals surface area contributed by atoms with E-state index in [9.17, 15) is 0 Å². The fourth-order valence-electron chi connectivity index (χ4n) is 7.99. The van der Waals surface area contributed by atoms with Gasteiger partial charge in [0.05, 0.1) is 54.1 Å². The number of nitrogens with one attached hydrogen (secondary N) is 2. The second-order valence-electron chi connectivity index (χ2n) is 16.3. The van der Waals surface area contributed by atoms with Gasteiger partial charge in [-0.05, 0) is 72.8 Å². The molecule has 4 nitrogen and oxygen atoms in total. The number of fused-ring (bicyclic) bond motifs is 2. The summed E-state index contributed by atoms with van der Waals surface area (Å²) in [6, 6.07) is 17.5. The maximum atomic E-state index is 5.62. The summed E-state index contributed by atoms with van der Waals surface area (Å²) in [5.74, 6) is 14.0. The van der Waals surface area contributed by atoms with E-state index in [1.807, 2.05) is 22.7 Å². The van der Waals surface area contributed by atoms with Crippen LogP contribution in [-0.4, -0.2) is 9.97 Å². The first-order chi connectivity index (χ1) is 30.2. The fourth-order valence-corrected chi connectivity index (χ4v) is 11.9. The van der Waals surface area contributed by atoms with Gasteiger partial charge in [-0.25, -0.2) is 9.97 Å². The van der Waals surface area contributed by atoms with Crippen molar-refractivity contribution < 1.29 is 0 Å². The maximum absolute atomic E-state index is 5.62. The number of nitrogens with zero attached hydrogens (tertiary/aromatic N) is 2. The molecule has 0 aliphatic carbocycles. The smallest absolute Gasteiger partial charge is 0.109 e. The second kappa shape index (κ2) is 24.9. The van der Waals surface area contributed by atoms with E-state index in [1.165, 1.54) is 160 Å². The Bertz CT molecular complexity index is 2200. The third kappa shape index (κ3) is 13.2. The first-order valence-corrected chi connectivity index (χ1v) is 27.3. The molecule has 0 unspecified atom stereocenters. The van der Waals surface area contributed by atoms with E-state index in [0.717, 1.165) is 67.5 Å². The summed E-state index contributed by atoms with van der Waals surface area (Å²) in [7, 11) is 0. The van der Waals surface area contributed by atoms with E-state index in [2.05, 4.69) is 106 Å². The van der Waals surface area contributed by atoms with E-state index in [0.29, 0.717) is 0 Å². The highest BCUT2D eigenvalue weighted by Gasteiger charge is 2.27. The Morgan fingerprint density at radius 1 is 0.459 bits per heavy atom. The number of hydrogen-bond donors (Lipinski definition) is 2. The van der Waals surface area contributed by atoms with Crippen LogP contribution in [0.5, 0.6) is 0 Å². The minimum atomic E-state index is 0.792. The largest absolute Gasteiger partial charge is 0.309 e. The van der Waals surface area contributed by atoms with Gasteiger partial charge in [0, 0.05) is 9.75 Å². The summed E-state index contributed by atoms with van der Waals surface area (Å²) in [6.45, 7) is 4.59. The van der Waals surface area contributed by atoms with Crippen molar-refractivity contribution in [3.8, 4) is 44.8 Å². The summed E-state index contributed by atoms with van der Waals surface area (Å²) in [5, 5.41) is 4.15. The van der Waals surface area contributed by atoms with Crippen LogP contribution in [0.25, 0.3) is 32.2 Å². The van der Waals surface area contributed by atoms with Crippen LogP contribution < -0.4 is 9.44 Å². The van der Waals surface area contributed by atoms with Crippen molar-refractivity contribution in [3.05, 3.63) is 89.9 Å². The van der Waals surface area contributed by atoms with E-state index < -0.39 is 0 Å². The molecule has 0 atom stereocenters. The van der Waals surface area contributed by atoms with Gasteiger partial charge in [0.1, 0.15) is 22.4 Å². The third-order valence-corrected chi connectivity index (χ3v) is 15.9. The van der Waals surface area contributed by atoms with Crippen LogP contribution in [0.2, 0.25) is 0 Å². The number of hydrogen-bond acceptors (Lipinski definition) is 9. The van der Waals surface area contributed by atoms with Crippen molar-refractivity contribution in [1.82, 2.24) is 9.97 Å². The van der Waals surface area contributed by atoms with Crippen molar-refractivity contribution in [2.45, 2.75) is 155 Å². The van der Waals surface area contributed by atoms with E-state index in [4.69, 9.17) is 9.97 Å². The summed E-state index contributed by atoms with van der Waals surface area (Å²) in [4.78, 5) is 18.5. The van der Waals surface area contributed by atoms with Crippen LogP contribution in [0.15, 0.2) is 59.3 Å². The van der Waals surface area contributed by atoms with E-state index in [1.54, 1.807) is 22.7 Å². The number of benzene rings is 1. The molecule has 7 rings (SSSR count). The number of anilines is 2. The van der Waals surface area contributed by atoms with Gasteiger partial charge in [0.15, 0.2) is 0 Å². The molecule has 2 N–H and O–H groups in total. The highest BCUT2D eigenvalue weighted by Crippen LogP contribution is 2.46. The number of thiophene rings is 4. The van der Waals surface area contributed by atoms with Crippen molar-refractivity contribution in [2.24, 2.45) is 0 Å². The Kier molecular flexibility index (Phi) is 18.6. The number of unbranched alkanes of at least 4 members (excludes halogenated alkanes) is 18. The minimum Gasteiger partial charge on any atom is -0.309 e. The normalized spacial score (nSPS) is 11.8. The molecule has 0 saturated heterocycles. The molecular weight excluding hydrogens is 841 g/mol. The van der Waals surface area contributed by atoms with Crippen LogP contribution in [0.1, 0.15) is 173 Å². The molecular formula is C52H62N4S5. The molecule has 0 amide bonds. The predicted molar refractivity (Wildman–Crippen MR) is 273 cm³/mol. The van der Waals surface area contributed by atoms with Crippen LogP contribution in [0, 0.1) is 23.7 Å². The van der Waals surface area contributed by atoms with Crippen molar-refractivity contribution in [3.63, 3.8) is 0 Å². The average molecular weight is 903 g/mol. The Morgan fingerprint density at radius 3 is 1.23 bits per heavy atom. The summed E-state index contributed by atoms with van der Waals surface area (Å²) < 4.78 is 7.03. The van der Waals surface area contributed by atoms with E-state index in [-0.39, 0.29) is 0 Å². The Morgan fingerprint density at radius 2 is 0.852 bits per heavy atom. The second-order valence-corrected chi connectivity index (χ2v) is 21.1. The lowest BCUT2D eigenvalue weighted by molar-refractivity contribution is 0.557. The zero-order valence-electron chi connectivity index (χ0n) is 36.3. The van der Waals surface area contributed by atoms with Crippen molar-refractivity contribution >= 4 is 79.9 Å². The molecule has 1 aromatic carbocycles. The average Bonchev–Trinajstić information content (AvgIpc) is 4.14. The SMILES string of the molecule is CCCCCCCCCCCCc1ccc(-c2nc3c(C#Cc4cccs4)c4c(c(C#Cc5cccs5)c3nc2-c2ccc(CCCCCCCCCCCC)s2)NSN4)s1. The highest BCUT2D eigenvalue weighted by molar-refractivity contribution is 8.02. The molecule has 0 saturated carbocycles. The third-order valence-electron chi connectivity index (χ3n) is 11.4. The molecule has 0 bridgehead atoms. The molecule has 61 heavy (non-hydrogen) atoms. The lowest BCUT2D eigenvalue weighted by atomic mass is 10.0. The molecule has 5 aromatic heterocycles. The predicted octanol–water partition coefficient (Wildman–Crippen LogP) is 17.3. The Balaban J connectivity index is 1.18. The molecule has 1 aliphatic heterocycles. The van der Waals surface area contributed by atoms with Crippen LogP contribution in [0.4, 0.5) is 11.4 Å². The topological polar surface area (TPSA) is 49.8 Å². The summed E-state index contributed by atoms with van der Waals surface area (Å²) >= 11 is 8.52. The molecule has 6 heterocycles. The van der Waals surface area contributed by atoms with Gasteiger partial charge < -0.3 is 9.44 Å². The van der Waals surface area contributed by atoms with Crippen LogP contribution in [0.3, 0.4) is 0 Å². The van der Waals surface area contributed by atoms with E-state index >= 15 is 0 Å². The van der Waals surface area contributed by atoms with Gasteiger partial charge >= 0.3 is 0 Å². The molecule has 0 radical (unpaired) electrons. The van der Waals surface area contributed by atoms with Gasteiger partial charge in [-0.1, -0.05) is 165 Å². The van der Waals surface area contributed by atoms with Crippen molar-refractivity contribution in [2.75, 3.05) is 9.44 Å². The van der Waals surface area contributed by atoms with Gasteiger partial charge in [-0.3, -0.25) is 0 Å². The minimum absolute atomic E-state index is 0.792. The van der Waals surface area contributed by atoms with Gasteiger partial charge in [-0.15, -0.1) is 45.3 Å². The quantitative estimate of drug-likeness (QED) is 0.0360. The van der Waals surface area contributed by atoms with Gasteiger partial charge in [0.25, 0.3) is 0 Å². The Hall–Kier alpha value is -3.57. The van der Waals surface area contributed by atoms with Crippen LogP contribution in [-0.2, 0) is 12.8 Å². The Labute approximate surface area is 386 Å². The molecule has 320 valence electrons. The fraction of sp³-hybridized carbons (Fsp3) is 0.462. The lowest BCUT2D eigenvalue weighted by Gasteiger charge is -2.13. The highest BCUT2D eigenvalue weighted by atomic mass is 32.2. The summed E-state index contributed by atoms with van der Waals surface area (Å²) in [6.07, 6.45) is 29.3. The first kappa shape index (κ1) is 45.5. The number of aromatic nitrogens is 2. The molecule has 0 fully saturated rings.